The summed E-state index contributed by atoms with van der Waals surface area (Å²) in [6.07, 6.45) is 7.51. The first-order valence-electron chi connectivity index (χ1n) is 8.39. The third-order valence-electron chi connectivity index (χ3n) is 5.35. The van der Waals surface area contributed by atoms with Crippen molar-refractivity contribution >= 4 is 34.4 Å². The second kappa shape index (κ2) is 4.63. The highest BCUT2D eigenvalue weighted by atomic mass is 35.5. The molecule has 0 bridgehead atoms. The number of aromatic nitrogens is 1. The largest absolute Gasteiger partial charge is 0.440 e. The minimum atomic E-state index is -0.376. The molecule has 2 aromatic rings. The van der Waals surface area contributed by atoms with Crippen LogP contribution < -0.4 is 10.6 Å². The van der Waals surface area contributed by atoms with Crippen molar-refractivity contribution in [1.29, 1.82) is 0 Å². The molecule has 5 nitrogen and oxygen atoms in total. The number of rotatable bonds is 1. The average Bonchev–Trinajstić information content (AvgIpc) is 3.29. The van der Waals surface area contributed by atoms with Gasteiger partial charge in [-0.1, -0.05) is 30.9 Å². The number of fused-ring (bicyclic) bond motifs is 4. The summed E-state index contributed by atoms with van der Waals surface area (Å²) in [6.45, 7) is 0. The number of anilines is 1. The fraction of sp³-hybridized carbons (Fsp3) is 0.529. The molecule has 0 atom stereocenters. The van der Waals surface area contributed by atoms with Crippen LogP contribution in [0, 0.1) is 0 Å². The maximum absolute atomic E-state index is 12.2. The standard InChI is InChI=1S/C17H18ClN3O2/c18-10-8-11-14(23-15(19-11)9-4-5-9)12-13(10)20-16(22)21-17(12)6-2-1-3-7-17/h8-9H,1-7H2,(H2,20,21,22). The summed E-state index contributed by atoms with van der Waals surface area (Å²) in [5.74, 6) is 1.26. The van der Waals surface area contributed by atoms with Gasteiger partial charge in [-0.15, -0.1) is 0 Å². The van der Waals surface area contributed by atoms with Gasteiger partial charge in [0.25, 0.3) is 0 Å². The van der Waals surface area contributed by atoms with Crippen LogP contribution in [0.3, 0.4) is 0 Å². The maximum Gasteiger partial charge on any atom is 0.319 e. The van der Waals surface area contributed by atoms with E-state index in [9.17, 15) is 4.79 Å². The molecule has 0 saturated heterocycles. The number of hydrogen-bond donors (Lipinski definition) is 2. The Hall–Kier alpha value is -1.75. The molecular formula is C17H18ClN3O2. The number of amides is 2. The lowest BCUT2D eigenvalue weighted by Crippen LogP contribution is -2.52. The summed E-state index contributed by atoms with van der Waals surface area (Å²) >= 11 is 6.47. The number of hydrogen-bond acceptors (Lipinski definition) is 3. The Morgan fingerprint density at radius 3 is 2.78 bits per heavy atom. The predicted octanol–water partition coefficient (Wildman–Crippen LogP) is 4.65. The van der Waals surface area contributed by atoms with E-state index in [2.05, 4.69) is 15.6 Å². The molecule has 2 amide bonds. The molecule has 1 aromatic carbocycles. The number of carbonyl (C=O) groups excluding carboxylic acids is 1. The summed E-state index contributed by atoms with van der Waals surface area (Å²) in [7, 11) is 0. The van der Waals surface area contributed by atoms with Crippen LogP contribution in [0.25, 0.3) is 11.1 Å². The minimum absolute atomic E-state index is 0.178. The van der Waals surface area contributed by atoms with Gasteiger partial charge in [0.2, 0.25) is 0 Å². The Labute approximate surface area is 138 Å². The predicted molar refractivity (Wildman–Crippen MR) is 87.9 cm³/mol. The Morgan fingerprint density at radius 2 is 2.04 bits per heavy atom. The highest BCUT2D eigenvalue weighted by molar-refractivity contribution is 6.35. The zero-order valence-corrected chi connectivity index (χ0v) is 13.5. The van der Waals surface area contributed by atoms with Crippen LogP contribution in [0.15, 0.2) is 10.5 Å². The van der Waals surface area contributed by atoms with Crippen LogP contribution in [0.4, 0.5) is 10.5 Å². The van der Waals surface area contributed by atoms with Crippen molar-refractivity contribution in [3.8, 4) is 0 Å². The molecule has 120 valence electrons. The minimum Gasteiger partial charge on any atom is -0.440 e. The summed E-state index contributed by atoms with van der Waals surface area (Å²) in [6, 6.07) is 1.63. The second-order valence-corrected chi connectivity index (χ2v) is 7.41. The van der Waals surface area contributed by atoms with E-state index >= 15 is 0 Å². The van der Waals surface area contributed by atoms with Crippen molar-refractivity contribution in [3.05, 3.63) is 22.5 Å². The van der Waals surface area contributed by atoms with Crippen LogP contribution >= 0.6 is 11.6 Å². The molecular weight excluding hydrogens is 314 g/mol. The Balaban J connectivity index is 1.79. The van der Waals surface area contributed by atoms with Crippen LogP contribution in [0.5, 0.6) is 0 Å². The monoisotopic (exact) mass is 331 g/mol. The van der Waals surface area contributed by atoms with Gasteiger partial charge in [0.05, 0.1) is 16.2 Å². The van der Waals surface area contributed by atoms with E-state index in [-0.39, 0.29) is 11.6 Å². The van der Waals surface area contributed by atoms with Crippen molar-refractivity contribution in [2.45, 2.75) is 56.4 Å². The van der Waals surface area contributed by atoms with E-state index in [1.807, 2.05) is 6.07 Å². The number of halogens is 1. The molecule has 0 radical (unpaired) electrons. The molecule has 1 aliphatic heterocycles. The first kappa shape index (κ1) is 13.7. The van der Waals surface area contributed by atoms with Crippen molar-refractivity contribution < 1.29 is 9.21 Å². The zero-order valence-electron chi connectivity index (χ0n) is 12.7. The number of oxazole rings is 1. The van der Waals surface area contributed by atoms with Gasteiger partial charge in [-0.25, -0.2) is 9.78 Å². The van der Waals surface area contributed by atoms with Gasteiger partial charge in [0.1, 0.15) is 5.52 Å². The molecule has 1 aromatic heterocycles. The third kappa shape index (κ3) is 1.99. The number of benzene rings is 1. The number of nitrogens with zero attached hydrogens (tertiary/aromatic N) is 1. The molecule has 2 fully saturated rings. The zero-order chi connectivity index (χ0) is 15.6. The number of urea groups is 1. The lowest BCUT2D eigenvalue weighted by atomic mass is 9.74. The summed E-state index contributed by atoms with van der Waals surface area (Å²) in [5, 5.41) is 6.59. The van der Waals surface area contributed by atoms with Gasteiger partial charge in [0.15, 0.2) is 11.5 Å². The first-order chi connectivity index (χ1) is 11.2. The molecule has 3 aliphatic rings. The number of nitrogens with one attached hydrogen (secondary N) is 2. The first-order valence-corrected chi connectivity index (χ1v) is 8.77. The maximum atomic E-state index is 12.2. The van der Waals surface area contributed by atoms with Crippen molar-refractivity contribution in [2.75, 3.05) is 5.32 Å². The van der Waals surface area contributed by atoms with E-state index in [0.717, 1.165) is 61.1 Å². The molecule has 2 N–H and O–H groups in total. The van der Waals surface area contributed by atoms with Gasteiger partial charge < -0.3 is 15.1 Å². The van der Waals surface area contributed by atoms with Gasteiger partial charge in [-0.05, 0) is 31.7 Å². The fourth-order valence-electron chi connectivity index (χ4n) is 4.09. The van der Waals surface area contributed by atoms with Gasteiger partial charge in [-0.2, -0.15) is 0 Å². The second-order valence-electron chi connectivity index (χ2n) is 7.00. The normalized spacial score (nSPS) is 22.7. The van der Waals surface area contributed by atoms with Crippen LogP contribution in [-0.4, -0.2) is 11.0 Å². The summed E-state index contributed by atoms with van der Waals surface area (Å²) in [5.41, 5.74) is 2.92. The molecule has 6 heteroatoms. The molecule has 5 rings (SSSR count). The molecule has 2 saturated carbocycles. The quantitative estimate of drug-likeness (QED) is 0.799. The van der Waals surface area contributed by atoms with E-state index < -0.39 is 0 Å². The summed E-state index contributed by atoms with van der Waals surface area (Å²) in [4.78, 5) is 16.8. The molecule has 2 heterocycles. The van der Waals surface area contributed by atoms with E-state index in [4.69, 9.17) is 16.0 Å². The van der Waals surface area contributed by atoms with Crippen LogP contribution in [-0.2, 0) is 5.54 Å². The van der Waals surface area contributed by atoms with Crippen molar-refractivity contribution in [2.24, 2.45) is 0 Å². The molecule has 23 heavy (non-hydrogen) atoms. The third-order valence-corrected chi connectivity index (χ3v) is 5.65. The summed E-state index contributed by atoms with van der Waals surface area (Å²) < 4.78 is 6.15. The van der Waals surface area contributed by atoms with Gasteiger partial charge in [0, 0.05) is 11.5 Å². The SMILES string of the molecule is O=C1Nc2c(Cl)cc3nc(C4CC4)oc3c2C2(CCCCC2)N1. The Bertz CT molecular complexity index is 819. The molecule has 0 unspecified atom stereocenters. The highest BCUT2D eigenvalue weighted by Crippen LogP contribution is 2.50. The molecule has 2 aliphatic carbocycles. The van der Waals surface area contributed by atoms with Crippen molar-refractivity contribution in [1.82, 2.24) is 10.3 Å². The van der Waals surface area contributed by atoms with Crippen molar-refractivity contribution in [3.63, 3.8) is 0 Å². The fourth-order valence-corrected chi connectivity index (χ4v) is 4.33. The Morgan fingerprint density at radius 1 is 1.26 bits per heavy atom. The smallest absolute Gasteiger partial charge is 0.319 e. The van der Waals surface area contributed by atoms with E-state index in [1.54, 1.807) is 0 Å². The lowest BCUT2D eigenvalue weighted by Gasteiger charge is -2.42. The van der Waals surface area contributed by atoms with Crippen LogP contribution in [0.2, 0.25) is 5.02 Å². The van der Waals surface area contributed by atoms with Gasteiger partial charge >= 0.3 is 6.03 Å². The van der Waals surface area contributed by atoms with E-state index in [1.165, 1.54) is 6.42 Å². The van der Waals surface area contributed by atoms with Crippen LogP contribution in [0.1, 0.15) is 62.3 Å². The topological polar surface area (TPSA) is 67.2 Å². The average molecular weight is 332 g/mol. The Kier molecular flexibility index (Phi) is 2.75. The highest BCUT2D eigenvalue weighted by Gasteiger charge is 2.44. The molecule has 1 spiro atoms. The lowest BCUT2D eigenvalue weighted by molar-refractivity contribution is 0.209. The van der Waals surface area contributed by atoms with E-state index in [0.29, 0.717) is 16.6 Å². The number of carbonyl (C=O) groups is 1. The van der Waals surface area contributed by atoms with Gasteiger partial charge in [-0.3, -0.25) is 0 Å².